The normalized spacial score (nSPS) is 20.1. The number of nitrogens with one attached hydrogen (secondary N) is 1. The van der Waals surface area contributed by atoms with E-state index in [2.05, 4.69) is 10.5 Å². The van der Waals surface area contributed by atoms with Gasteiger partial charge < -0.3 is 9.47 Å². The van der Waals surface area contributed by atoms with E-state index in [4.69, 9.17) is 26.9 Å². The molecule has 1 unspecified atom stereocenters. The van der Waals surface area contributed by atoms with Crippen molar-refractivity contribution >= 4 is 11.6 Å². The number of ether oxygens (including phenoxy) is 2. The number of nitrogens with two attached hydrogens (primary N) is 1. The molecule has 7 heteroatoms. The van der Waals surface area contributed by atoms with Crippen LogP contribution in [-0.2, 0) is 22.9 Å². The number of halogens is 1. The average Bonchev–Trinajstić information content (AvgIpc) is 2.71. The molecule has 1 aliphatic heterocycles. The molecule has 1 fully saturated rings. The van der Waals surface area contributed by atoms with Crippen LogP contribution in [0, 0.1) is 6.92 Å². The first-order valence-corrected chi connectivity index (χ1v) is 7.19. The van der Waals surface area contributed by atoms with Gasteiger partial charge in [-0.3, -0.25) is 16.0 Å². The zero-order chi connectivity index (χ0) is 14.8. The maximum Gasteiger partial charge on any atom is 0.130 e. The number of hydrogen-bond acceptors (Lipinski definition) is 5. The van der Waals surface area contributed by atoms with Crippen molar-refractivity contribution in [2.24, 2.45) is 12.9 Å². The Kier molecular flexibility index (Phi) is 5.04. The molecule has 0 amide bonds. The van der Waals surface area contributed by atoms with Crippen LogP contribution in [0.15, 0.2) is 0 Å². The Balaban J connectivity index is 2.23. The van der Waals surface area contributed by atoms with Crippen LogP contribution in [0.5, 0.6) is 0 Å². The number of aromatic nitrogens is 2. The molecule has 0 saturated carbocycles. The summed E-state index contributed by atoms with van der Waals surface area (Å²) in [7, 11) is 3.57. The lowest BCUT2D eigenvalue weighted by molar-refractivity contribution is -0.110. The molecule has 1 saturated heterocycles. The smallest absolute Gasteiger partial charge is 0.130 e. The number of methoxy groups -OCH3 is 1. The molecule has 2 rings (SSSR count). The van der Waals surface area contributed by atoms with Crippen molar-refractivity contribution in [1.29, 1.82) is 0 Å². The molecule has 20 heavy (non-hydrogen) atoms. The van der Waals surface area contributed by atoms with Gasteiger partial charge in [-0.15, -0.1) is 0 Å². The highest BCUT2D eigenvalue weighted by molar-refractivity contribution is 6.30. The van der Waals surface area contributed by atoms with Crippen molar-refractivity contribution < 1.29 is 9.47 Å². The first kappa shape index (κ1) is 15.7. The molecule has 0 aliphatic carbocycles. The van der Waals surface area contributed by atoms with Crippen LogP contribution in [0.4, 0.5) is 0 Å². The minimum absolute atomic E-state index is 0.0307. The van der Waals surface area contributed by atoms with Crippen LogP contribution < -0.4 is 11.3 Å². The van der Waals surface area contributed by atoms with Crippen molar-refractivity contribution in [2.75, 3.05) is 20.3 Å². The highest BCUT2D eigenvalue weighted by atomic mass is 35.5. The first-order chi connectivity index (χ1) is 9.54. The fourth-order valence-corrected chi connectivity index (χ4v) is 3.17. The van der Waals surface area contributed by atoms with Crippen molar-refractivity contribution in [3.8, 4) is 0 Å². The summed E-state index contributed by atoms with van der Waals surface area (Å²) < 4.78 is 12.9. The summed E-state index contributed by atoms with van der Waals surface area (Å²) in [5.41, 5.74) is 4.52. The third kappa shape index (κ3) is 2.84. The summed E-state index contributed by atoms with van der Waals surface area (Å²) in [5, 5.41) is 5.00. The molecular formula is C13H23ClN4O2. The summed E-state index contributed by atoms with van der Waals surface area (Å²) in [4.78, 5) is 0. The molecular weight excluding hydrogens is 280 g/mol. The molecule has 0 spiro atoms. The van der Waals surface area contributed by atoms with Crippen molar-refractivity contribution in [3.63, 3.8) is 0 Å². The quantitative estimate of drug-likeness (QED) is 0.626. The summed E-state index contributed by atoms with van der Waals surface area (Å²) >= 11 is 6.31. The predicted octanol–water partition coefficient (Wildman–Crippen LogP) is 0.952. The molecule has 0 bridgehead atoms. The van der Waals surface area contributed by atoms with Gasteiger partial charge in [-0.25, -0.2) is 0 Å². The van der Waals surface area contributed by atoms with Gasteiger partial charge in [0.1, 0.15) is 5.15 Å². The summed E-state index contributed by atoms with van der Waals surface area (Å²) in [6.45, 7) is 3.33. The number of nitrogens with zero attached hydrogens (tertiary/aromatic N) is 2. The van der Waals surface area contributed by atoms with Crippen LogP contribution in [0.1, 0.15) is 24.1 Å². The van der Waals surface area contributed by atoms with Crippen molar-refractivity contribution in [3.05, 3.63) is 16.4 Å². The van der Waals surface area contributed by atoms with Gasteiger partial charge in [-0.05, 0) is 13.3 Å². The number of hydrogen-bond donors (Lipinski definition) is 2. The number of rotatable bonds is 5. The fourth-order valence-electron chi connectivity index (χ4n) is 2.92. The molecule has 1 aromatic heterocycles. The number of hydrazine groups is 1. The van der Waals surface area contributed by atoms with Gasteiger partial charge in [0.25, 0.3) is 0 Å². The average molecular weight is 303 g/mol. The monoisotopic (exact) mass is 302 g/mol. The number of aryl methyl sites for hydroxylation is 2. The Morgan fingerprint density at radius 1 is 1.55 bits per heavy atom. The van der Waals surface area contributed by atoms with Crippen LogP contribution in [0.25, 0.3) is 0 Å². The lowest BCUT2D eigenvalue weighted by Crippen LogP contribution is -2.58. The van der Waals surface area contributed by atoms with Gasteiger partial charge >= 0.3 is 0 Å². The van der Waals surface area contributed by atoms with E-state index < -0.39 is 0 Å². The Labute approximate surface area is 124 Å². The van der Waals surface area contributed by atoms with E-state index in [1.165, 1.54) is 0 Å². The Morgan fingerprint density at radius 3 is 2.65 bits per heavy atom. The first-order valence-electron chi connectivity index (χ1n) is 6.81. The predicted molar refractivity (Wildman–Crippen MR) is 77.6 cm³/mol. The van der Waals surface area contributed by atoms with E-state index in [1.54, 1.807) is 11.8 Å². The summed E-state index contributed by atoms with van der Waals surface area (Å²) in [6, 6.07) is -0.0307. The van der Waals surface area contributed by atoms with Gasteiger partial charge in [0.2, 0.25) is 0 Å². The Morgan fingerprint density at radius 2 is 2.20 bits per heavy atom. The maximum atomic E-state index is 6.31. The van der Waals surface area contributed by atoms with Crippen LogP contribution >= 0.6 is 11.6 Å². The standard InChI is InChI=1S/C13H23ClN4O2/c1-9-10(12(14)18(2)17-9)8-11(16-15)13(19-3)4-6-20-7-5-13/h11,16H,4-8,15H2,1-3H3. The molecule has 6 nitrogen and oxygen atoms in total. The maximum absolute atomic E-state index is 6.31. The van der Waals surface area contributed by atoms with E-state index in [0.29, 0.717) is 24.8 Å². The second-order valence-corrected chi connectivity index (χ2v) is 5.64. The minimum Gasteiger partial charge on any atom is -0.381 e. The van der Waals surface area contributed by atoms with Gasteiger partial charge in [0.05, 0.1) is 17.3 Å². The topological polar surface area (TPSA) is 74.3 Å². The Bertz CT molecular complexity index is 457. The van der Waals surface area contributed by atoms with E-state index in [0.717, 1.165) is 24.1 Å². The second kappa shape index (κ2) is 6.41. The van der Waals surface area contributed by atoms with Gasteiger partial charge in [-0.2, -0.15) is 5.10 Å². The molecule has 1 aromatic rings. The molecule has 2 heterocycles. The van der Waals surface area contributed by atoms with Crippen molar-refractivity contribution in [1.82, 2.24) is 15.2 Å². The lowest BCUT2D eigenvalue weighted by Gasteiger charge is -2.42. The van der Waals surface area contributed by atoms with Gasteiger partial charge in [0.15, 0.2) is 0 Å². The van der Waals surface area contributed by atoms with Crippen LogP contribution in [0.2, 0.25) is 5.15 Å². The van der Waals surface area contributed by atoms with Crippen molar-refractivity contribution in [2.45, 2.75) is 37.8 Å². The molecule has 114 valence electrons. The fraction of sp³-hybridized carbons (Fsp3) is 0.769. The SMILES string of the molecule is COC1(C(Cc2c(C)nn(C)c2Cl)NN)CCOCC1. The molecule has 1 aliphatic rings. The van der Waals surface area contributed by atoms with Crippen LogP contribution in [0.3, 0.4) is 0 Å². The highest BCUT2D eigenvalue weighted by Crippen LogP contribution is 2.31. The van der Waals surface area contributed by atoms with Gasteiger partial charge in [-0.1, -0.05) is 11.6 Å². The zero-order valence-electron chi connectivity index (χ0n) is 12.3. The van der Waals surface area contributed by atoms with Crippen LogP contribution in [-0.4, -0.2) is 41.7 Å². The third-order valence-corrected chi connectivity index (χ3v) is 4.73. The van der Waals surface area contributed by atoms with E-state index in [9.17, 15) is 0 Å². The molecule has 0 aromatic carbocycles. The molecule has 0 radical (unpaired) electrons. The Hall–Kier alpha value is -0.660. The van der Waals surface area contributed by atoms with Gasteiger partial charge in [0, 0.05) is 45.8 Å². The summed E-state index contributed by atoms with van der Waals surface area (Å²) in [6.07, 6.45) is 2.31. The zero-order valence-corrected chi connectivity index (χ0v) is 13.0. The largest absolute Gasteiger partial charge is 0.381 e. The van der Waals surface area contributed by atoms with E-state index in [-0.39, 0.29) is 11.6 Å². The molecule has 3 N–H and O–H groups in total. The highest BCUT2D eigenvalue weighted by Gasteiger charge is 2.41. The van der Waals surface area contributed by atoms with E-state index >= 15 is 0 Å². The third-order valence-electron chi connectivity index (χ3n) is 4.26. The molecule has 1 atom stereocenters. The minimum atomic E-state index is -0.321. The van der Waals surface area contributed by atoms with E-state index in [1.807, 2.05) is 14.0 Å². The lowest BCUT2D eigenvalue weighted by atomic mass is 9.83. The summed E-state index contributed by atoms with van der Waals surface area (Å²) in [5.74, 6) is 5.78. The second-order valence-electron chi connectivity index (χ2n) is 5.28.